The smallest absolute Gasteiger partial charge is 0.287 e. The number of amides is 1. The normalized spacial score (nSPS) is 24.0. The molecule has 6 rings (SSSR count). The zero-order chi connectivity index (χ0) is 21.9. The molecular formula is C25H30ClN3O3. The van der Waals surface area contributed by atoms with Gasteiger partial charge in [0.25, 0.3) is 5.91 Å². The van der Waals surface area contributed by atoms with Crippen LogP contribution in [-0.2, 0) is 10.3 Å². The van der Waals surface area contributed by atoms with Crippen LogP contribution in [0, 0.1) is 5.92 Å². The molecule has 1 saturated heterocycles. The summed E-state index contributed by atoms with van der Waals surface area (Å²) < 4.78 is 11.8. The first kappa shape index (κ1) is 20.4. The van der Waals surface area contributed by atoms with Gasteiger partial charge in [0.05, 0.1) is 22.1 Å². The van der Waals surface area contributed by atoms with Crippen LogP contribution in [0.3, 0.4) is 0 Å². The maximum Gasteiger partial charge on any atom is 0.287 e. The second kappa shape index (κ2) is 7.42. The summed E-state index contributed by atoms with van der Waals surface area (Å²) in [6.45, 7) is 5.69. The van der Waals surface area contributed by atoms with E-state index in [2.05, 4.69) is 22.5 Å². The monoisotopic (exact) mass is 455 g/mol. The average molecular weight is 456 g/mol. The highest BCUT2D eigenvalue weighted by Crippen LogP contribution is 2.50. The number of anilines is 1. The number of hydrogen-bond acceptors (Lipinski definition) is 5. The largest absolute Gasteiger partial charge is 0.450 e. The highest BCUT2D eigenvalue weighted by Gasteiger charge is 2.51. The summed E-state index contributed by atoms with van der Waals surface area (Å²) >= 11 is 6.71. The van der Waals surface area contributed by atoms with Crippen molar-refractivity contribution in [2.24, 2.45) is 5.92 Å². The van der Waals surface area contributed by atoms with E-state index in [9.17, 15) is 4.79 Å². The van der Waals surface area contributed by atoms with E-state index in [-0.39, 0.29) is 17.0 Å². The minimum Gasteiger partial charge on any atom is -0.450 e. The lowest BCUT2D eigenvalue weighted by atomic mass is 9.74. The fourth-order valence-corrected chi connectivity index (χ4v) is 6.47. The summed E-state index contributed by atoms with van der Waals surface area (Å²) in [6, 6.07) is 3.74. The number of rotatable bonds is 3. The van der Waals surface area contributed by atoms with E-state index in [1.165, 1.54) is 6.42 Å². The second-order valence-corrected chi connectivity index (χ2v) is 10.4. The topological polar surface area (TPSA) is 75.5 Å². The molecule has 0 unspecified atom stereocenters. The molecule has 1 aromatic carbocycles. The van der Waals surface area contributed by atoms with E-state index >= 15 is 0 Å². The Bertz CT molecular complexity index is 1090. The summed E-state index contributed by atoms with van der Waals surface area (Å²) in [5.41, 5.74) is 2.29. The molecule has 0 radical (unpaired) electrons. The summed E-state index contributed by atoms with van der Waals surface area (Å²) in [6.07, 6.45) is 9.55. The van der Waals surface area contributed by atoms with Gasteiger partial charge in [-0.25, -0.2) is 0 Å². The molecule has 32 heavy (non-hydrogen) atoms. The fourth-order valence-electron chi connectivity index (χ4n) is 6.21. The van der Waals surface area contributed by atoms with Crippen LogP contribution in [0.4, 0.5) is 5.69 Å². The molecule has 170 valence electrons. The summed E-state index contributed by atoms with van der Waals surface area (Å²) in [7, 11) is 0. The van der Waals surface area contributed by atoms with Gasteiger partial charge in [0.1, 0.15) is 5.58 Å². The van der Waals surface area contributed by atoms with E-state index in [1.807, 2.05) is 12.1 Å². The molecule has 3 heterocycles. The zero-order valence-electron chi connectivity index (χ0n) is 18.3. The number of nitrogens with one attached hydrogen (secondary N) is 3. The van der Waals surface area contributed by atoms with Gasteiger partial charge in [0, 0.05) is 29.7 Å². The number of halogens is 1. The van der Waals surface area contributed by atoms with Gasteiger partial charge < -0.3 is 25.1 Å². The van der Waals surface area contributed by atoms with Gasteiger partial charge in [0.15, 0.2) is 5.76 Å². The van der Waals surface area contributed by atoms with Gasteiger partial charge in [-0.15, -0.1) is 0 Å². The van der Waals surface area contributed by atoms with Crippen LogP contribution >= 0.6 is 11.6 Å². The van der Waals surface area contributed by atoms with Crippen LogP contribution in [0.15, 0.2) is 28.9 Å². The molecule has 1 aromatic heterocycles. The van der Waals surface area contributed by atoms with Gasteiger partial charge in [-0.1, -0.05) is 37.4 Å². The van der Waals surface area contributed by atoms with Crippen molar-refractivity contribution in [1.29, 1.82) is 0 Å². The van der Waals surface area contributed by atoms with Crippen LogP contribution in [-0.4, -0.2) is 24.7 Å². The minimum absolute atomic E-state index is 0.0949. The van der Waals surface area contributed by atoms with Gasteiger partial charge in [-0.2, -0.15) is 0 Å². The van der Waals surface area contributed by atoms with Crippen LogP contribution in [0.25, 0.3) is 11.0 Å². The van der Waals surface area contributed by atoms with Crippen molar-refractivity contribution >= 4 is 34.2 Å². The Labute approximate surface area is 193 Å². The number of benzene rings is 1. The first-order valence-corrected chi connectivity index (χ1v) is 12.3. The lowest BCUT2D eigenvalue weighted by Crippen LogP contribution is -2.48. The number of fused-ring (bicyclic) bond motifs is 4. The number of hydrogen-bond donors (Lipinski definition) is 3. The van der Waals surface area contributed by atoms with Crippen molar-refractivity contribution < 1.29 is 13.9 Å². The van der Waals surface area contributed by atoms with Crippen LogP contribution in [0.2, 0.25) is 5.02 Å². The molecule has 0 bridgehead atoms. The third kappa shape index (κ3) is 3.22. The summed E-state index contributed by atoms with van der Waals surface area (Å²) in [5.74, 6) is 1.47. The van der Waals surface area contributed by atoms with Crippen LogP contribution < -0.4 is 16.0 Å². The zero-order valence-corrected chi connectivity index (χ0v) is 19.1. The van der Waals surface area contributed by atoms with Crippen LogP contribution in [0.1, 0.15) is 73.9 Å². The molecule has 2 aliphatic heterocycles. The second-order valence-electron chi connectivity index (χ2n) is 10.0. The third-order valence-electron chi connectivity index (χ3n) is 7.99. The molecule has 7 heteroatoms. The molecule has 3 fully saturated rings. The summed E-state index contributed by atoms with van der Waals surface area (Å²) in [5, 5.41) is 11.7. The van der Waals surface area contributed by atoms with Gasteiger partial charge >= 0.3 is 0 Å². The van der Waals surface area contributed by atoms with Gasteiger partial charge in [-0.05, 0) is 56.6 Å². The number of carbonyl (C=O) groups is 1. The molecule has 0 atom stereocenters. The molecule has 6 nitrogen and oxygen atoms in total. The highest BCUT2D eigenvalue weighted by molar-refractivity contribution is 6.34. The predicted molar refractivity (Wildman–Crippen MR) is 125 cm³/mol. The number of carbonyl (C=O) groups excluding carboxylic acids is 1. The van der Waals surface area contributed by atoms with Crippen molar-refractivity contribution in [2.45, 2.75) is 68.9 Å². The van der Waals surface area contributed by atoms with E-state index in [4.69, 9.17) is 20.8 Å². The quantitative estimate of drug-likeness (QED) is 0.576. The minimum atomic E-state index is -0.259. The summed E-state index contributed by atoms with van der Waals surface area (Å²) in [4.78, 5) is 13.3. The Kier molecular flexibility index (Phi) is 4.74. The Balaban J connectivity index is 1.37. The maximum atomic E-state index is 13.3. The van der Waals surface area contributed by atoms with E-state index in [0.29, 0.717) is 16.7 Å². The first-order valence-electron chi connectivity index (χ1n) is 11.9. The molecule has 2 aromatic rings. The highest BCUT2D eigenvalue weighted by atomic mass is 35.5. The molecule has 3 N–H and O–H groups in total. The van der Waals surface area contributed by atoms with Crippen molar-refractivity contribution in [2.75, 3.05) is 18.5 Å². The van der Waals surface area contributed by atoms with Crippen molar-refractivity contribution in [3.63, 3.8) is 0 Å². The van der Waals surface area contributed by atoms with Crippen molar-refractivity contribution in [1.82, 2.24) is 10.6 Å². The average Bonchev–Trinajstić information content (AvgIpc) is 3.45. The molecule has 1 amide bonds. The third-order valence-corrected chi connectivity index (χ3v) is 8.29. The molecular weight excluding hydrogens is 426 g/mol. The molecule has 4 aliphatic rings. The van der Waals surface area contributed by atoms with Crippen LogP contribution in [0.5, 0.6) is 0 Å². The Morgan fingerprint density at radius 3 is 2.59 bits per heavy atom. The predicted octanol–water partition coefficient (Wildman–Crippen LogP) is 5.42. The molecule has 2 aliphatic carbocycles. The van der Waals surface area contributed by atoms with E-state index in [1.54, 1.807) is 0 Å². The standard InChI is InChI=1S/C25H30ClN3O3/c1-15-27-21-18(26)13-16-14-19(23(30)29-24(9-10-24)17-5-11-31-12-6-17)32-22(16)20(21)25(28-15)7-3-2-4-8-25/h13-14,17,27-28H,1-12H2,(H,29,30). The number of ether oxygens (including phenoxy) is 1. The van der Waals surface area contributed by atoms with Gasteiger partial charge in [0.2, 0.25) is 0 Å². The lowest BCUT2D eigenvalue weighted by molar-refractivity contribution is 0.0471. The maximum absolute atomic E-state index is 13.3. The number of furan rings is 1. The Morgan fingerprint density at radius 2 is 1.88 bits per heavy atom. The Hall–Kier alpha value is -2.18. The lowest BCUT2D eigenvalue weighted by Gasteiger charge is -2.44. The van der Waals surface area contributed by atoms with E-state index in [0.717, 1.165) is 92.6 Å². The van der Waals surface area contributed by atoms with Crippen molar-refractivity contribution in [3.05, 3.63) is 40.9 Å². The SMILES string of the molecule is C=C1Nc2c(Cl)cc3cc(C(=O)NC4(C5CCOCC5)CC4)oc3c2C2(CCCCC2)N1. The van der Waals surface area contributed by atoms with Gasteiger partial charge in [-0.3, -0.25) is 4.79 Å². The molecule has 2 saturated carbocycles. The fraction of sp³-hybridized carbons (Fsp3) is 0.560. The Morgan fingerprint density at radius 1 is 1.12 bits per heavy atom. The van der Waals surface area contributed by atoms with Crippen molar-refractivity contribution in [3.8, 4) is 0 Å². The molecule has 1 spiro atoms. The first-order chi connectivity index (χ1) is 15.5. The van der Waals surface area contributed by atoms with E-state index < -0.39 is 0 Å².